The Morgan fingerprint density at radius 2 is 2.05 bits per heavy atom. The molecule has 7 nitrogen and oxygen atoms in total. The lowest BCUT2D eigenvalue weighted by Gasteiger charge is -2.25. The lowest BCUT2D eigenvalue weighted by atomic mass is 9.97. The molecule has 0 aromatic heterocycles. The van der Waals surface area contributed by atoms with Crippen LogP contribution in [-0.4, -0.2) is 27.4 Å². The van der Waals surface area contributed by atoms with Crippen molar-refractivity contribution in [3.63, 3.8) is 0 Å². The van der Waals surface area contributed by atoms with Gasteiger partial charge in [-0.25, -0.2) is 0 Å². The molecule has 0 aliphatic carbocycles. The molecule has 0 heterocycles. The Balaban J connectivity index is 2.91. The number of nitrogens with one attached hydrogen (secondary N) is 1. The predicted molar refractivity (Wildman–Crippen MR) is 76.5 cm³/mol. The number of halogens is 1. The zero-order chi connectivity index (χ0) is 16.2. The fourth-order valence-electron chi connectivity index (χ4n) is 1.66. The molecule has 1 aromatic rings. The van der Waals surface area contributed by atoms with Crippen molar-refractivity contribution in [1.29, 1.82) is 0 Å². The molecule has 1 amide bonds. The van der Waals surface area contributed by atoms with Crippen molar-refractivity contribution < 1.29 is 19.6 Å². The Morgan fingerprint density at radius 3 is 2.57 bits per heavy atom. The summed E-state index contributed by atoms with van der Waals surface area (Å²) in [6, 6.07) is 3.57. The number of carboxylic acids is 1. The molecule has 21 heavy (non-hydrogen) atoms. The minimum absolute atomic E-state index is 0.0192. The van der Waals surface area contributed by atoms with Crippen molar-refractivity contribution in [3.05, 3.63) is 38.9 Å². The van der Waals surface area contributed by atoms with Crippen LogP contribution in [0.4, 0.5) is 5.69 Å². The van der Waals surface area contributed by atoms with Gasteiger partial charge in [0.2, 0.25) is 0 Å². The van der Waals surface area contributed by atoms with Gasteiger partial charge in [-0.3, -0.25) is 19.7 Å². The lowest BCUT2D eigenvalue weighted by molar-refractivity contribution is -0.384. The summed E-state index contributed by atoms with van der Waals surface area (Å²) in [5, 5.41) is 22.1. The van der Waals surface area contributed by atoms with Crippen LogP contribution in [0.15, 0.2) is 18.2 Å². The van der Waals surface area contributed by atoms with E-state index < -0.39 is 22.3 Å². The van der Waals surface area contributed by atoms with Crippen molar-refractivity contribution in [3.8, 4) is 0 Å². The van der Waals surface area contributed by atoms with Gasteiger partial charge in [0, 0.05) is 24.1 Å². The number of carbonyl (C=O) groups is 2. The standard InChI is InChI=1S/C13H15ClN2O5/c1-13(2,6-5-11(17)18)15-12(19)9-7-8(16(20)21)3-4-10(9)14/h3-4,7H,5-6H2,1-2H3,(H,15,19)(H,17,18). The van der Waals surface area contributed by atoms with Crippen LogP contribution in [0, 0.1) is 10.1 Å². The van der Waals surface area contributed by atoms with E-state index in [0.717, 1.165) is 6.07 Å². The van der Waals surface area contributed by atoms with Gasteiger partial charge in [-0.2, -0.15) is 0 Å². The molecule has 0 bridgehead atoms. The first kappa shape index (κ1) is 16.9. The third-order valence-electron chi connectivity index (χ3n) is 2.82. The minimum atomic E-state index is -0.967. The highest BCUT2D eigenvalue weighted by Gasteiger charge is 2.24. The summed E-state index contributed by atoms with van der Waals surface area (Å²) >= 11 is 5.87. The average Bonchev–Trinajstić information content (AvgIpc) is 2.36. The fourth-order valence-corrected chi connectivity index (χ4v) is 1.86. The van der Waals surface area contributed by atoms with E-state index in [1.165, 1.54) is 12.1 Å². The van der Waals surface area contributed by atoms with Crippen molar-refractivity contribution in [2.24, 2.45) is 0 Å². The first-order valence-electron chi connectivity index (χ1n) is 6.10. The normalized spacial score (nSPS) is 11.0. The zero-order valence-corrected chi connectivity index (χ0v) is 12.3. The molecule has 0 aliphatic rings. The maximum Gasteiger partial charge on any atom is 0.303 e. The van der Waals surface area contributed by atoms with Crippen LogP contribution in [0.25, 0.3) is 0 Å². The Hall–Kier alpha value is -2.15. The maximum atomic E-state index is 12.1. The summed E-state index contributed by atoms with van der Waals surface area (Å²) in [5.41, 5.74) is -1.04. The molecule has 0 fully saturated rings. The molecule has 0 unspecified atom stereocenters. The maximum absolute atomic E-state index is 12.1. The second-order valence-electron chi connectivity index (χ2n) is 5.15. The van der Waals surface area contributed by atoms with E-state index in [0.29, 0.717) is 0 Å². The third kappa shape index (κ3) is 5.03. The van der Waals surface area contributed by atoms with Crippen LogP contribution in [0.1, 0.15) is 37.0 Å². The van der Waals surface area contributed by atoms with Crippen LogP contribution in [-0.2, 0) is 4.79 Å². The average molecular weight is 315 g/mol. The molecule has 0 radical (unpaired) electrons. The number of nitrogens with zero attached hydrogens (tertiary/aromatic N) is 1. The molecule has 114 valence electrons. The first-order valence-corrected chi connectivity index (χ1v) is 6.48. The monoisotopic (exact) mass is 314 g/mol. The second-order valence-corrected chi connectivity index (χ2v) is 5.56. The predicted octanol–water partition coefficient (Wildman–Crippen LogP) is 2.62. The Bertz CT molecular complexity index is 586. The number of hydrogen-bond donors (Lipinski definition) is 2. The van der Waals surface area contributed by atoms with Crippen LogP contribution in [0.2, 0.25) is 5.02 Å². The van der Waals surface area contributed by atoms with Crippen molar-refractivity contribution in [2.75, 3.05) is 0 Å². The van der Waals surface area contributed by atoms with Crippen molar-refractivity contribution in [1.82, 2.24) is 5.32 Å². The van der Waals surface area contributed by atoms with Crippen LogP contribution in [0.5, 0.6) is 0 Å². The van der Waals surface area contributed by atoms with Gasteiger partial charge in [0.25, 0.3) is 11.6 Å². The van der Waals surface area contributed by atoms with Gasteiger partial charge in [0.1, 0.15) is 0 Å². The molecule has 0 aliphatic heterocycles. The minimum Gasteiger partial charge on any atom is -0.481 e. The Morgan fingerprint density at radius 1 is 1.43 bits per heavy atom. The first-order chi connectivity index (χ1) is 9.62. The Labute approximate surface area is 126 Å². The molecule has 8 heteroatoms. The number of carbonyl (C=O) groups excluding carboxylic acids is 1. The van der Waals surface area contributed by atoms with Gasteiger partial charge in [-0.15, -0.1) is 0 Å². The summed E-state index contributed by atoms with van der Waals surface area (Å²) in [6.07, 6.45) is 0.122. The van der Waals surface area contributed by atoms with Crippen LogP contribution < -0.4 is 5.32 Å². The van der Waals surface area contributed by atoms with Gasteiger partial charge >= 0.3 is 5.97 Å². The van der Waals surface area contributed by atoms with Gasteiger partial charge in [0.15, 0.2) is 0 Å². The smallest absolute Gasteiger partial charge is 0.303 e. The van der Waals surface area contributed by atoms with Gasteiger partial charge in [-0.05, 0) is 26.3 Å². The topological polar surface area (TPSA) is 110 Å². The highest BCUT2D eigenvalue weighted by atomic mass is 35.5. The molecule has 0 atom stereocenters. The number of nitro groups is 1. The summed E-state index contributed by atoms with van der Waals surface area (Å²) in [5.74, 6) is -1.55. The summed E-state index contributed by atoms with van der Waals surface area (Å²) in [4.78, 5) is 32.8. The number of non-ortho nitro benzene ring substituents is 1. The second kappa shape index (κ2) is 6.53. The molecular formula is C13H15ClN2O5. The summed E-state index contributed by atoms with van der Waals surface area (Å²) in [7, 11) is 0. The summed E-state index contributed by atoms with van der Waals surface area (Å²) < 4.78 is 0. The van der Waals surface area contributed by atoms with E-state index in [4.69, 9.17) is 16.7 Å². The molecule has 0 saturated carbocycles. The number of hydrogen-bond acceptors (Lipinski definition) is 4. The van der Waals surface area contributed by atoms with Crippen molar-refractivity contribution >= 4 is 29.2 Å². The molecule has 0 saturated heterocycles. The number of amides is 1. The molecule has 2 N–H and O–H groups in total. The fraction of sp³-hybridized carbons (Fsp3) is 0.385. The van der Waals surface area contributed by atoms with E-state index in [1.54, 1.807) is 13.8 Å². The third-order valence-corrected chi connectivity index (χ3v) is 3.15. The zero-order valence-electron chi connectivity index (χ0n) is 11.6. The number of carboxylic acid groups (broad SMARTS) is 1. The van der Waals surface area contributed by atoms with E-state index in [9.17, 15) is 19.7 Å². The van der Waals surface area contributed by atoms with Gasteiger partial charge in [-0.1, -0.05) is 11.6 Å². The van der Waals surface area contributed by atoms with E-state index in [-0.39, 0.29) is 29.1 Å². The number of aliphatic carboxylic acids is 1. The number of rotatable bonds is 6. The lowest BCUT2D eigenvalue weighted by Crippen LogP contribution is -2.43. The number of nitro benzene ring substituents is 1. The molecular weight excluding hydrogens is 300 g/mol. The van der Waals surface area contributed by atoms with E-state index >= 15 is 0 Å². The molecule has 1 rings (SSSR count). The molecule has 1 aromatic carbocycles. The van der Waals surface area contributed by atoms with Crippen molar-refractivity contribution in [2.45, 2.75) is 32.2 Å². The molecule has 0 spiro atoms. The van der Waals surface area contributed by atoms with E-state index in [1.807, 2.05) is 0 Å². The van der Waals surface area contributed by atoms with Gasteiger partial charge in [0.05, 0.1) is 15.5 Å². The van der Waals surface area contributed by atoms with Gasteiger partial charge < -0.3 is 10.4 Å². The highest BCUT2D eigenvalue weighted by molar-refractivity contribution is 6.34. The quantitative estimate of drug-likeness (QED) is 0.619. The van der Waals surface area contributed by atoms with E-state index in [2.05, 4.69) is 5.32 Å². The number of benzene rings is 1. The van der Waals surface area contributed by atoms with Crippen LogP contribution >= 0.6 is 11.6 Å². The van der Waals surface area contributed by atoms with Crippen LogP contribution in [0.3, 0.4) is 0 Å². The largest absolute Gasteiger partial charge is 0.481 e. The highest BCUT2D eigenvalue weighted by Crippen LogP contribution is 2.23. The SMILES string of the molecule is CC(C)(CCC(=O)O)NC(=O)c1cc([N+](=O)[O-])ccc1Cl. The Kier molecular flexibility index (Phi) is 5.26. The summed E-state index contributed by atoms with van der Waals surface area (Å²) in [6.45, 7) is 3.33.